The fraction of sp³-hybridized carbons (Fsp3) is 0.286. The van der Waals surface area contributed by atoms with Crippen LogP contribution in [0.15, 0.2) is 48.8 Å². The number of halogens is 2. The van der Waals surface area contributed by atoms with Crippen LogP contribution in [0.3, 0.4) is 0 Å². The van der Waals surface area contributed by atoms with Gasteiger partial charge in [-0.1, -0.05) is 23.2 Å². The Morgan fingerprint density at radius 1 is 1.16 bits per heavy atom. The standard InChI is InChI=1S/C21H22Cl2N4O4/c22-17-6-5-16(9-18(17)23)27-21(10-19(26-27)14-3-1-7-24-11-14)31-8-2-4-20(30)25-15(12-28)13-29/h1,3,5-7,9-11,15,28-29H,2,4,8,12-13H2,(H,25,30). The van der Waals surface area contributed by atoms with Crippen molar-refractivity contribution in [3.63, 3.8) is 0 Å². The van der Waals surface area contributed by atoms with E-state index in [9.17, 15) is 4.79 Å². The molecule has 0 saturated heterocycles. The maximum absolute atomic E-state index is 11.9. The third-order valence-corrected chi connectivity index (χ3v) is 5.12. The van der Waals surface area contributed by atoms with Gasteiger partial charge in [0.1, 0.15) is 0 Å². The first kappa shape index (κ1) is 23.0. The molecule has 3 rings (SSSR count). The van der Waals surface area contributed by atoms with Gasteiger partial charge in [0.25, 0.3) is 0 Å². The summed E-state index contributed by atoms with van der Waals surface area (Å²) in [5.41, 5.74) is 2.16. The van der Waals surface area contributed by atoms with Gasteiger partial charge in [-0.2, -0.15) is 5.10 Å². The maximum Gasteiger partial charge on any atom is 0.220 e. The predicted molar refractivity (Wildman–Crippen MR) is 118 cm³/mol. The van der Waals surface area contributed by atoms with Crippen LogP contribution in [0.25, 0.3) is 16.9 Å². The van der Waals surface area contributed by atoms with Crippen LogP contribution in [0.1, 0.15) is 12.8 Å². The SMILES string of the molecule is O=C(CCCOc1cc(-c2cccnc2)nn1-c1ccc(Cl)c(Cl)c1)NC(CO)CO. The van der Waals surface area contributed by atoms with Crippen LogP contribution in [-0.2, 0) is 4.79 Å². The molecule has 0 aliphatic heterocycles. The molecule has 164 valence electrons. The van der Waals surface area contributed by atoms with Crippen LogP contribution in [-0.4, -0.2) is 56.7 Å². The van der Waals surface area contributed by atoms with E-state index >= 15 is 0 Å². The maximum atomic E-state index is 11.9. The van der Waals surface area contributed by atoms with E-state index in [0.29, 0.717) is 33.7 Å². The number of ether oxygens (including phenoxy) is 1. The number of nitrogens with one attached hydrogen (secondary N) is 1. The molecule has 1 aromatic carbocycles. The van der Waals surface area contributed by atoms with Crippen LogP contribution in [0, 0.1) is 0 Å². The van der Waals surface area contributed by atoms with E-state index in [4.69, 9.17) is 38.2 Å². The molecule has 31 heavy (non-hydrogen) atoms. The molecule has 8 nitrogen and oxygen atoms in total. The molecule has 2 aromatic heterocycles. The lowest BCUT2D eigenvalue weighted by molar-refractivity contribution is -0.122. The highest BCUT2D eigenvalue weighted by atomic mass is 35.5. The summed E-state index contributed by atoms with van der Waals surface area (Å²) in [5.74, 6) is 0.201. The quantitative estimate of drug-likeness (QED) is 0.398. The summed E-state index contributed by atoms with van der Waals surface area (Å²) in [6.45, 7) is -0.382. The van der Waals surface area contributed by atoms with Crippen LogP contribution in [0.5, 0.6) is 5.88 Å². The molecule has 0 unspecified atom stereocenters. The number of aliphatic hydroxyl groups is 2. The third kappa shape index (κ3) is 6.18. The summed E-state index contributed by atoms with van der Waals surface area (Å²) in [7, 11) is 0. The number of benzene rings is 1. The summed E-state index contributed by atoms with van der Waals surface area (Å²) in [6, 6.07) is 9.98. The van der Waals surface area contributed by atoms with Crippen molar-refractivity contribution in [2.75, 3.05) is 19.8 Å². The monoisotopic (exact) mass is 464 g/mol. The van der Waals surface area contributed by atoms with Gasteiger partial charge in [-0.15, -0.1) is 0 Å². The minimum Gasteiger partial charge on any atom is -0.478 e. The fourth-order valence-corrected chi connectivity index (χ4v) is 3.07. The number of hydrogen-bond acceptors (Lipinski definition) is 6. The Kier molecular flexibility index (Phi) is 8.25. The first-order valence-electron chi connectivity index (χ1n) is 9.61. The number of aromatic nitrogens is 3. The number of pyridine rings is 1. The summed E-state index contributed by atoms with van der Waals surface area (Å²) in [4.78, 5) is 16.0. The van der Waals surface area contributed by atoms with Crippen molar-refractivity contribution in [2.24, 2.45) is 0 Å². The first-order valence-corrected chi connectivity index (χ1v) is 10.4. The Labute approximate surface area is 189 Å². The number of rotatable bonds is 10. The molecule has 0 spiro atoms. The highest BCUT2D eigenvalue weighted by Crippen LogP contribution is 2.29. The van der Waals surface area contributed by atoms with Crippen LogP contribution < -0.4 is 10.1 Å². The fourth-order valence-electron chi connectivity index (χ4n) is 2.78. The largest absolute Gasteiger partial charge is 0.478 e. The average molecular weight is 465 g/mol. The second-order valence-corrected chi connectivity index (χ2v) is 7.52. The van der Waals surface area contributed by atoms with Crippen molar-refractivity contribution in [3.8, 4) is 22.8 Å². The molecule has 0 radical (unpaired) electrons. The molecule has 0 atom stereocenters. The topological polar surface area (TPSA) is 110 Å². The molecule has 2 heterocycles. The van der Waals surface area contributed by atoms with E-state index in [0.717, 1.165) is 5.56 Å². The van der Waals surface area contributed by atoms with Crippen molar-refractivity contribution in [1.29, 1.82) is 0 Å². The number of aliphatic hydroxyl groups excluding tert-OH is 2. The van der Waals surface area contributed by atoms with E-state index in [-0.39, 0.29) is 32.1 Å². The number of carbonyl (C=O) groups excluding carboxylic acids is 1. The Morgan fingerprint density at radius 3 is 2.65 bits per heavy atom. The number of nitrogens with zero attached hydrogens (tertiary/aromatic N) is 3. The zero-order chi connectivity index (χ0) is 22.2. The van der Waals surface area contributed by atoms with Gasteiger partial charge in [0, 0.05) is 30.4 Å². The normalized spacial score (nSPS) is 11.0. The molecular formula is C21H22Cl2N4O4. The molecule has 0 saturated carbocycles. The highest BCUT2D eigenvalue weighted by Gasteiger charge is 2.15. The zero-order valence-electron chi connectivity index (χ0n) is 16.5. The van der Waals surface area contributed by atoms with Crippen molar-refractivity contribution < 1.29 is 19.7 Å². The number of carbonyl (C=O) groups is 1. The van der Waals surface area contributed by atoms with Gasteiger partial charge >= 0.3 is 0 Å². The van der Waals surface area contributed by atoms with Gasteiger partial charge in [-0.3, -0.25) is 9.78 Å². The predicted octanol–water partition coefficient (Wildman–Crippen LogP) is 2.87. The summed E-state index contributed by atoms with van der Waals surface area (Å²) in [6.07, 6.45) is 4.01. The lowest BCUT2D eigenvalue weighted by atomic mass is 10.2. The highest BCUT2D eigenvalue weighted by molar-refractivity contribution is 6.42. The molecule has 0 aliphatic rings. The van der Waals surface area contributed by atoms with Gasteiger partial charge < -0.3 is 20.3 Å². The Balaban J connectivity index is 1.73. The lowest BCUT2D eigenvalue weighted by Crippen LogP contribution is -2.40. The Bertz CT molecular complexity index is 1010. The summed E-state index contributed by atoms with van der Waals surface area (Å²) < 4.78 is 7.51. The second kappa shape index (κ2) is 11.1. The first-order chi connectivity index (χ1) is 15.0. The summed E-state index contributed by atoms with van der Waals surface area (Å²) in [5, 5.41) is 26.1. The van der Waals surface area contributed by atoms with Crippen molar-refractivity contribution in [1.82, 2.24) is 20.1 Å². The minimum atomic E-state index is -0.661. The average Bonchev–Trinajstić information content (AvgIpc) is 3.21. The minimum absolute atomic E-state index is 0.187. The van der Waals surface area contributed by atoms with Crippen molar-refractivity contribution in [3.05, 3.63) is 58.8 Å². The molecule has 0 fully saturated rings. The van der Waals surface area contributed by atoms with Crippen molar-refractivity contribution >= 4 is 29.1 Å². The Morgan fingerprint density at radius 2 is 1.97 bits per heavy atom. The second-order valence-electron chi connectivity index (χ2n) is 6.70. The van der Waals surface area contributed by atoms with Gasteiger partial charge in [0.2, 0.25) is 11.8 Å². The van der Waals surface area contributed by atoms with Crippen LogP contribution >= 0.6 is 23.2 Å². The smallest absolute Gasteiger partial charge is 0.220 e. The molecule has 10 heteroatoms. The van der Waals surface area contributed by atoms with Gasteiger partial charge in [0.05, 0.1) is 47.3 Å². The molecule has 3 aromatic rings. The van der Waals surface area contributed by atoms with Crippen LogP contribution in [0.4, 0.5) is 0 Å². The van der Waals surface area contributed by atoms with E-state index in [1.165, 1.54) is 0 Å². The molecule has 0 aliphatic carbocycles. The third-order valence-electron chi connectivity index (χ3n) is 4.39. The van der Waals surface area contributed by atoms with Gasteiger partial charge in [-0.25, -0.2) is 4.68 Å². The van der Waals surface area contributed by atoms with Crippen LogP contribution in [0.2, 0.25) is 10.0 Å². The zero-order valence-corrected chi connectivity index (χ0v) is 18.1. The lowest BCUT2D eigenvalue weighted by Gasteiger charge is -2.13. The molecular weight excluding hydrogens is 443 g/mol. The van der Waals surface area contributed by atoms with Gasteiger partial charge in [0.15, 0.2) is 0 Å². The Hall–Kier alpha value is -2.65. The van der Waals surface area contributed by atoms with Gasteiger partial charge in [-0.05, 0) is 36.8 Å². The van der Waals surface area contributed by atoms with Crippen molar-refractivity contribution in [2.45, 2.75) is 18.9 Å². The van der Waals surface area contributed by atoms with E-state index in [1.807, 2.05) is 12.1 Å². The molecule has 0 bridgehead atoms. The van der Waals surface area contributed by atoms with E-state index < -0.39 is 6.04 Å². The molecule has 1 amide bonds. The molecule has 3 N–H and O–H groups in total. The number of hydrogen-bond donors (Lipinski definition) is 3. The number of amides is 1. The summed E-state index contributed by atoms with van der Waals surface area (Å²) >= 11 is 12.2. The van der Waals surface area contributed by atoms with E-state index in [1.54, 1.807) is 41.3 Å². The van der Waals surface area contributed by atoms with E-state index in [2.05, 4.69) is 15.4 Å².